The summed E-state index contributed by atoms with van der Waals surface area (Å²) in [5.74, 6) is -0.149. The maximum atomic E-state index is 11.9. The molecule has 0 radical (unpaired) electrons. The fourth-order valence-corrected chi connectivity index (χ4v) is 1.89. The van der Waals surface area contributed by atoms with Gasteiger partial charge in [0.05, 0.1) is 10.2 Å². The minimum absolute atomic E-state index is 0.149. The number of halogens is 2. The van der Waals surface area contributed by atoms with Gasteiger partial charge in [0.15, 0.2) is 0 Å². The highest BCUT2D eigenvalue weighted by molar-refractivity contribution is 9.10. The zero-order valence-electron chi connectivity index (χ0n) is 8.65. The van der Waals surface area contributed by atoms with Gasteiger partial charge >= 0.3 is 0 Å². The molecule has 0 saturated carbocycles. The van der Waals surface area contributed by atoms with E-state index in [1.165, 1.54) is 0 Å². The van der Waals surface area contributed by atoms with Gasteiger partial charge in [-0.3, -0.25) is 9.78 Å². The third kappa shape index (κ3) is 3.14. The first-order chi connectivity index (χ1) is 8.16. The van der Waals surface area contributed by atoms with E-state index < -0.39 is 0 Å². The number of nitrogens with one attached hydrogen (secondary N) is 1. The van der Waals surface area contributed by atoms with E-state index in [2.05, 4.69) is 42.2 Å². The number of hydrogen-bond acceptors (Lipinski definition) is 2. The highest BCUT2D eigenvalue weighted by Gasteiger charge is 2.07. The summed E-state index contributed by atoms with van der Waals surface area (Å²) in [5, 5.41) is 2.80. The Hall–Kier alpha value is -1.20. The Morgan fingerprint density at radius 1 is 1.12 bits per heavy atom. The van der Waals surface area contributed by atoms with E-state index in [1.54, 1.807) is 30.6 Å². The molecule has 0 atom stereocenters. The monoisotopic (exact) mass is 354 g/mol. The first kappa shape index (κ1) is 12.3. The number of carbonyl (C=O) groups is 1. The molecule has 3 nitrogen and oxygen atoms in total. The van der Waals surface area contributed by atoms with Crippen LogP contribution in [-0.4, -0.2) is 10.9 Å². The highest BCUT2D eigenvalue weighted by Crippen LogP contribution is 2.21. The normalized spacial score (nSPS) is 10.0. The molecule has 1 heterocycles. The molecule has 0 aliphatic rings. The lowest BCUT2D eigenvalue weighted by atomic mass is 10.2. The maximum Gasteiger partial charge on any atom is 0.255 e. The van der Waals surface area contributed by atoms with Gasteiger partial charge in [0.25, 0.3) is 5.91 Å². The highest BCUT2D eigenvalue weighted by atomic mass is 79.9. The maximum absolute atomic E-state index is 11.9. The van der Waals surface area contributed by atoms with Crippen LogP contribution in [0, 0.1) is 0 Å². The van der Waals surface area contributed by atoms with Gasteiger partial charge in [0.1, 0.15) is 0 Å². The molecular weight excluding hydrogens is 348 g/mol. The molecule has 0 saturated heterocycles. The lowest BCUT2D eigenvalue weighted by molar-refractivity contribution is 0.102. The number of anilines is 1. The Morgan fingerprint density at radius 2 is 1.82 bits per heavy atom. The van der Waals surface area contributed by atoms with Crippen LogP contribution in [0.4, 0.5) is 5.69 Å². The second-order valence-corrected chi connectivity index (χ2v) is 5.09. The predicted molar refractivity (Wildman–Crippen MR) is 74.0 cm³/mol. The topological polar surface area (TPSA) is 42.0 Å². The van der Waals surface area contributed by atoms with E-state index in [-0.39, 0.29) is 5.91 Å². The second-order valence-electron chi connectivity index (χ2n) is 3.32. The third-order valence-electron chi connectivity index (χ3n) is 2.13. The molecule has 5 heteroatoms. The van der Waals surface area contributed by atoms with Crippen molar-refractivity contribution >= 4 is 43.5 Å². The summed E-state index contributed by atoms with van der Waals surface area (Å²) in [7, 11) is 0. The van der Waals surface area contributed by atoms with Gasteiger partial charge in [-0.25, -0.2) is 0 Å². The van der Waals surface area contributed by atoms with Crippen molar-refractivity contribution in [3.05, 3.63) is 57.2 Å². The van der Waals surface area contributed by atoms with Crippen LogP contribution in [0.1, 0.15) is 10.4 Å². The molecular formula is C12H8Br2N2O. The van der Waals surface area contributed by atoms with Crippen molar-refractivity contribution in [2.45, 2.75) is 0 Å². The van der Waals surface area contributed by atoms with Crippen LogP contribution in [0.25, 0.3) is 0 Å². The second kappa shape index (κ2) is 5.42. The molecule has 0 bridgehead atoms. The quantitative estimate of drug-likeness (QED) is 0.888. The third-order valence-corrected chi connectivity index (χ3v) is 3.29. The lowest BCUT2D eigenvalue weighted by Gasteiger charge is -2.06. The van der Waals surface area contributed by atoms with Crippen LogP contribution in [0.2, 0.25) is 0 Å². The minimum Gasteiger partial charge on any atom is -0.321 e. The Bertz CT molecular complexity index is 540. The molecule has 0 unspecified atom stereocenters. The number of pyridine rings is 1. The largest absolute Gasteiger partial charge is 0.321 e. The molecule has 1 aromatic carbocycles. The van der Waals surface area contributed by atoms with Crippen LogP contribution >= 0.6 is 31.9 Å². The van der Waals surface area contributed by atoms with Crippen LogP contribution in [0.15, 0.2) is 51.7 Å². The van der Waals surface area contributed by atoms with E-state index in [0.717, 1.165) is 8.95 Å². The van der Waals surface area contributed by atoms with E-state index in [1.807, 2.05) is 12.1 Å². The van der Waals surface area contributed by atoms with Crippen molar-refractivity contribution < 1.29 is 4.79 Å². The number of aromatic nitrogens is 1. The molecule has 0 fully saturated rings. The molecule has 0 spiro atoms. The number of carbonyl (C=O) groups excluding carboxylic acids is 1. The zero-order valence-corrected chi connectivity index (χ0v) is 11.8. The van der Waals surface area contributed by atoms with Crippen molar-refractivity contribution in [1.82, 2.24) is 4.98 Å². The van der Waals surface area contributed by atoms with E-state index in [0.29, 0.717) is 11.3 Å². The van der Waals surface area contributed by atoms with Crippen LogP contribution in [0.3, 0.4) is 0 Å². The van der Waals surface area contributed by atoms with Crippen LogP contribution < -0.4 is 5.32 Å². The number of benzene rings is 1. The first-order valence-corrected chi connectivity index (χ1v) is 6.42. The van der Waals surface area contributed by atoms with Crippen molar-refractivity contribution in [3.8, 4) is 0 Å². The summed E-state index contributed by atoms with van der Waals surface area (Å²) in [4.78, 5) is 15.8. The summed E-state index contributed by atoms with van der Waals surface area (Å²) < 4.78 is 1.70. The molecule has 1 amide bonds. The fourth-order valence-electron chi connectivity index (χ4n) is 1.27. The number of nitrogens with zero attached hydrogens (tertiary/aromatic N) is 1. The molecule has 1 N–H and O–H groups in total. The minimum atomic E-state index is -0.149. The van der Waals surface area contributed by atoms with E-state index >= 15 is 0 Å². The molecule has 0 aliphatic heterocycles. The molecule has 1 aromatic heterocycles. The molecule has 2 aromatic rings. The Balaban J connectivity index is 2.17. The number of hydrogen-bond donors (Lipinski definition) is 1. The van der Waals surface area contributed by atoms with Crippen molar-refractivity contribution in [2.75, 3.05) is 5.32 Å². The predicted octanol–water partition coefficient (Wildman–Crippen LogP) is 3.86. The Morgan fingerprint density at radius 3 is 2.47 bits per heavy atom. The average molecular weight is 356 g/mol. The van der Waals surface area contributed by atoms with Crippen molar-refractivity contribution in [1.29, 1.82) is 0 Å². The lowest BCUT2D eigenvalue weighted by Crippen LogP contribution is -2.12. The van der Waals surface area contributed by atoms with Gasteiger partial charge in [-0.15, -0.1) is 0 Å². The van der Waals surface area contributed by atoms with Gasteiger partial charge in [-0.2, -0.15) is 0 Å². The Kier molecular flexibility index (Phi) is 3.91. The first-order valence-electron chi connectivity index (χ1n) is 4.83. The van der Waals surface area contributed by atoms with E-state index in [9.17, 15) is 4.79 Å². The Labute approximate surface area is 116 Å². The summed E-state index contributed by atoms with van der Waals surface area (Å²) in [6.45, 7) is 0. The van der Waals surface area contributed by atoms with Gasteiger partial charge in [-0.05, 0) is 46.3 Å². The summed E-state index contributed by atoms with van der Waals surface area (Å²) in [5.41, 5.74) is 1.31. The molecule has 17 heavy (non-hydrogen) atoms. The van der Waals surface area contributed by atoms with Crippen LogP contribution in [0.5, 0.6) is 0 Å². The SMILES string of the molecule is O=C(Nc1ccncc1Br)c1ccc(Br)cc1. The summed E-state index contributed by atoms with van der Waals surface area (Å²) in [6, 6.07) is 8.91. The molecule has 86 valence electrons. The number of rotatable bonds is 2. The molecule has 2 rings (SSSR count). The zero-order chi connectivity index (χ0) is 12.3. The number of amides is 1. The molecule has 0 aliphatic carbocycles. The summed E-state index contributed by atoms with van der Waals surface area (Å²) >= 11 is 6.65. The fraction of sp³-hybridized carbons (Fsp3) is 0. The van der Waals surface area contributed by atoms with Crippen LogP contribution in [-0.2, 0) is 0 Å². The van der Waals surface area contributed by atoms with Crippen molar-refractivity contribution in [2.24, 2.45) is 0 Å². The van der Waals surface area contributed by atoms with Gasteiger partial charge in [-0.1, -0.05) is 15.9 Å². The summed E-state index contributed by atoms with van der Waals surface area (Å²) in [6.07, 6.45) is 3.26. The average Bonchev–Trinajstić information content (AvgIpc) is 2.33. The smallest absolute Gasteiger partial charge is 0.255 e. The van der Waals surface area contributed by atoms with Gasteiger partial charge in [0, 0.05) is 22.4 Å². The standard InChI is InChI=1S/C12H8Br2N2O/c13-9-3-1-8(2-4-9)12(17)16-11-5-6-15-7-10(11)14/h1-7H,(H,15,16,17). The van der Waals surface area contributed by atoms with Gasteiger partial charge < -0.3 is 5.32 Å². The van der Waals surface area contributed by atoms with Gasteiger partial charge in [0.2, 0.25) is 0 Å². The van der Waals surface area contributed by atoms with E-state index in [4.69, 9.17) is 0 Å². The van der Waals surface area contributed by atoms with Crippen molar-refractivity contribution in [3.63, 3.8) is 0 Å².